The van der Waals surface area contributed by atoms with Crippen LogP contribution in [0.3, 0.4) is 0 Å². The van der Waals surface area contributed by atoms with Crippen LogP contribution in [0.5, 0.6) is 5.75 Å². The molecule has 2 heterocycles. The highest BCUT2D eigenvalue weighted by Crippen LogP contribution is 2.32. The summed E-state index contributed by atoms with van der Waals surface area (Å²) in [5.41, 5.74) is 2.46. The van der Waals surface area contributed by atoms with Gasteiger partial charge < -0.3 is 15.0 Å². The highest BCUT2D eigenvalue weighted by atomic mass is 35.5. The number of rotatable bonds is 3. The number of H-pyrrole nitrogens is 1. The molecule has 1 saturated heterocycles. The van der Waals surface area contributed by atoms with Crippen molar-refractivity contribution in [3.8, 4) is 5.75 Å². The van der Waals surface area contributed by atoms with Crippen molar-refractivity contribution in [2.75, 3.05) is 20.2 Å². The molecule has 3 nitrogen and oxygen atoms in total. The van der Waals surface area contributed by atoms with Crippen LogP contribution in [0.15, 0.2) is 18.3 Å². The van der Waals surface area contributed by atoms with Crippen LogP contribution in [0, 0.1) is 5.92 Å². The number of nitrogens with one attached hydrogen (secondary N) is 2. The summed E-state index contributed by atoms with van der Waals surface area (Å²) >= 11 is 6.15. The van der Waals surface area contributed by atoms with Gasteiger partial charge in [-0.05, 0) is 56.0 Å². The molecule has 0 bridgehead atoms. The molecule has 0 amide bonds. The fourth-order valence-electron chi connectivity index (χ4n) is 2.90. The maximum atomic E-state index is 6.15. The average Bonchev–Trinajstić information content (AvgIpc) is 2.81. The summed E-state index contributed by atoms with van der Waals surface area (Å²) in [5.74, 6) is 1.53. The molecule has 0 atom stereocenters. The molecule has 2 aromatic rings. The van der Waals surface area contributed by atoms with Crippen molar-refractivity contribution in [3.63, 3.8) is 0 Å². The Hall–Kier alpha value is -1.19. The zero-order valence-electron chi connectivity index (χ0n) is 11.1. The van der Waals surface area contributed by atoms with Gasteiger partial charge in [-0.2, -0.15) is 0 Å². The first kappa shape index (κ1) is 12.8. The standard InChI is InChI=1S/C15H19ClN2O/c1-19-15-7-12-11(6-10-2-4-17-5-3-10)9-18-14(12)8-13(15)16/h7-10,17-18H,2-6H2,1H3. The van der Waals surface area contributed by atoms with Gasteiger partial charge >= 0.3 is 0 Å². The van der Waals surface area contributed by atoms with Gasteiger partial charge in [0.1, 0.15) is 5.75 Å². The number of ether oxygens (including phenoxy) is 1. The van der Waals surface area contributed by atoms with Crippen molar-refractivity contribution in [2.24, 2.45) is 5.92 Å². The zero-order chi connectivity index (χ0) is 13.2. The Balaban J connectivity index is 1.90. The summed E-state index contributed by atoms with van der Waals surface area (Å²) < 4.78 is 5.31. The first-order chi connectivity index (χ1) is 9.28. The maximum Gasteiger partial charge on any atom is 0.138 e. The molecule has 0 radical (unpaired) electrons. The van der Waals surface area contributed by atoms with Gasteiger partial charge in [-0.25, -0.2) is 0 Å². The van der Waals surface area contributed by atoms with Gasteiger partial charge in [-0.1, -0.05) is 11.6 Å². The Labute approximate surface area is 118 Å². The summed E-state index contributed by atoms with van der Waals surface area (Å²) in [4.78, 5) is 3.31. The van der Waals surface area contributed by atoms with Crippen LogP contribution in [0.4, 0.5) is 0 Å². The molecule has 4 heteroatoms. The molecule has 1 aliphatic heterocycles. The molecule has 0 spiro atoms. The number of benzene rings is 1. The molecule has 1 aromatic heterocycles. The third kappa shape index (κ3) is 2.58. The molecule has 19 heavy (non-hydrogen) atoms. The normalized spacial score (nSPS) is 16.9. The van der Waals surface area contributed by atoms with Crippen molar-refractivity contribution >= 4 is 22.5 Å². The minimum atomic E-state index is 0.658. The summed E-state index contributed by atoms with van der Waals surface area (Å²) in [6.45, 7) is 2.28. The largest absolute Gasteiger partial charge is 0.495 e. The molecule has 0 aliphatic carbocycles. The van der Waals surface area contributed by atoms with E-state index < -0.39 is 0 Å². The van der Waals surface area contributed by atoms with Gasteiger partial charge in [0.15, 0.2) is 0 Å². The predicted molar refractivity (Wildman–Crippen MR) is 79.2 cm³/mol. The Morgan fingerprint density at radius 3 is 2.84 bits per heavy atom. The minimum Gasteiger partial charge on any atom is -0.495 e. The number of halogens is 1. The zero-order valence-corrected chi connectivity index (χ0v) is 11.9. The lowest BCUT2D eigenvalue weighted by atomic mass is 9.91. The van der Waals surface area contributed by atoms with E-state index in [9.17, 15) is 0 Å². The van der Waals surface area contributed by atoms with Crippen LogP contribution in [0.2, 0.25) is 5.02 Å². The maximum absolute atomic E-state index is 6.15. The molecular formula is C15H19ClN2O. The van der Waals surface area contributed by atoms with Gasteiger partial charge in [-0.15, -0.1) is 0 Å². The number of hydrogen-bond acceptors (Lipinski definition) is 2. The SMILES string of the molecule is COc1cc2c(CC3CCNCC3)c[nH]c2cc1Cl. The monoisotopic (exact) mass is 278 g/mol. The lowest BCUT2D eigenvalue weighted by molar-refractivity contribution is 0.373. The Morgan fingerprint density at radius 2 is 2.11 bits per heavy atom. The third-order valence-corrected chi connectivity index (χ3v) is 4.30. The Kier molecular flexibility index (Phi) is 3.67. The lowest BCUT2D eigenvalue weighted by Crippen LogP contribution is -2.28. The first-order valence-electron chi connectivity index (χ1n) is 6.82. The minimum absolute atomic E-state index is 0.658. The van der Waals surface area contributed by atoms with Crippen molar-refractivity contribution in [1.82, 2.24) is 10.3 Å². The second-order valence-electron chi connectivity index (χ2n) is 5.24. The fraction of sp³-hybridized carbons (Fsp3) is 0.467. The van der Waals surface area contributed by atoms with Crippen LogP contribution in [-0.4, -0.2) is 25.2 Å². The lowest BCUT2D eigenvalue weighted by Gasteiger charge is -2.22. The van der Waals surface area contributed by atoms with Crippen LogP contribution >= 0.6 is 11.6 Å². The van der Waals surface area contributed by atoms with Gasteiger partial charge in [0.25, 0.3) is 0 Å². The number of piperidine rings is 1. The quantitative estimate of drug-likeness (QED) is 0.903. The van der Waals surface area contributed by atoms with E-state index >= 15 is 0 Å². The van der Waals surface area contributed by atoms with E-state index in [1.54, 1.807) is 7.11 Å². The molecule has 0 unspecified atom stereocenters. The van der Waals surface area contributed by atoms with Crippen LogP contribution < -0.4 is 10.1 Å². The van der Waals surface area contributed by atoms with E-state index in [1.165, 1.54) is 23.8 Å². The topological polar surface area (TPSA) is 37.0 Å². The van der Waals surface area contributed by atoms with Gasteiger partial charge in [0.2, 0.25) is 0 Å². The number of fused-ring (bicyclic) bond motifs is 1. The average molecular weight is 279 g/mol. The number of aromatic nitrogens is 1. The van der Waals surface area contributed by atoms with Crippen molar-refractivity contribution in [1.29, 1.82) is 0 Å². The molecule has 3 rings (SSSR count). The van der Waals surface area contributed by atoms with Crippen LogP contribution in [0.25, 0.3) is 10.9 Å². The van der Waals surface area contributed by atoms with Crippen molar-refractivity contribution in [2.45, 2.75) is 19.3 Å². The van der Waals surface area contributed by atoms with E-state index in [1.807, 2.05) is 12.1 Å². The highest BCUT2D eigenvalue weighted by molar-refractivity contribution is 6.32. The molecular weight excluding hydrogens is 260 g/mol. The van der Waals surface area contributed by atoms with Gasteiger partial charge in [0.05, 0.1) is 12.1 Å². The third-order valence-electron chi connectivity index (χ3n) is 4.01. The fourth-order valence-corrected chi connectivity index (χ4v) is 3.14. The molecule has 1 aromatic carbocycles. The second kappa shape index (κ2) is 5.43. The first-order valence-corrected chi connectivity index (χ1v) is 7.20. The van der Waals surface area contributed by atoms with E-state index in [0.717, 1.165) is 36.7 Å². The Morgan fingerprint density at radius 1 is 1.32 bits per heavy atom. The van der Waals surface area contributed by atoms with Crippen molar-refractivity contribution in [3.05, 3.63) is 28.9 Å². The van der Waals surface area contributed by atoms with E-state index in [0.29, 0.717) is 5.02 Å². The molecule has 1 aliphatic rings. The summed E-state index contributed by atoms with van der Waals surface area (Å²) in [6, 6.07) is 3.99. The van der Waals surface area contributed by atoms with E-state index in [4.69, 9.17) is 16.3 Å². The molecule has 2 N–H and O–H groups in total. The van der Waals surface area contributed by atoms with Crippen molar-refractivity contribution < 1.29 is 4.74 Å². The van der Waals surface area contributed by atoms with Gasteiger partial charge in [0, 0.05) is 17.1 Å². The smallest absolute Gasteiger partial charge is 0.138 e. The van der Waals surface area contributed by atoms with Crippen LogP contribution in [0.1, 0.15) is 18.4 Å². The van der Waals surface area contributed by atoms with E-state index in [2.05, 4.69) is 16.5 Å². The summed E-state index contributed by atoms with van der Waals surface area (Å²) in [7, 11) is 1.66. The number of hydrogen-bond donors (Lipinski definition) is 2. The Bertz CT molecular complexity index is 573. The number of methoxy groups -OCH3 is 1. The predicted octanol–water partition coefficient (Wildman–Crippen LogP) is 3.37. The molecule has 102 valence electrons. The number of aromatic amines is 1. The van der Waals surface area contributed by atoms with Crippen LogP contribution in [-0.2, 0) is 6.42 Å². The molecule has 1 fully saturated rings. The summed E-state index contributed by atoms with van der Waals surface area (Å²) in [6.07, 6.45) is 5.77. The van der Waals surface area contributed by atoms with E-state index in [-0.39, 0.29) is 0 Å². The van der Waals surface area contributed by atoms with Gasteiger partial charge in [-0.3, -0.25) is 0 Å². The molecule has 0 saturated carbocycles. The second-order valence-corrected chi connectivity index (χ2v) is 5.65. The highest BCUT2D eigenvalue weighted by Gasteiger charge is 2.16. The summed E-state index contributed by atoms with van der Waals surface area (Å²) in [5, 5.41) is 5.31.